The fourth-order valence-corrected chi connectivity index (χ4v) is 1.02. The molecule has 1 aliphatic heterocycles. The van der Waals surface area contributed by atoms with Gasteiger partial charge in [0, 0.05) is 0 Å². The molecule has 1 saturated heterocycles. The number of carboxylic acid groups (broad SMARTS) is 1. The summed E-state index contributed by atoms with van der Waals surface area (Å²) in [4.78, 5) is 10.3. The number of hydrogen-bond donors (Lipinski definition) is 6. The standard InChI is InChI=1S/C6H10O8/c7-1-2(8)3(9)5(12)6(13,14-5)4(10)11/h2-3,7-9,12-13H,1H2,(H,10,11)/t2-,3+,5+,6-/m1/s1. The number of epoxide rings is 1. The monoisotopic (exact) mass is 210 g/mol. The van der Waals surface area contributed by atoms with Crippen molar-refractivity contribution in [2.24, 2.45) is 0 Å². The van der Waals surface area contributed by atoms with Gasteiger partial charge in [0.1, 0.15) is 12.2 Å². The van der Waals surface area contributed by atoms with Gasteiger partial charge in [0.15, 0.2) is 0 Å². The molecular formula is C6H10O8. The predicted molar refractivity (Wildman–Crippen MR) is 37.7 cm³/mol. The fourth-order valence-electron chi connectivity index (χ4n) is 1.02. The molecule has 0 aromatic carbocycles. The molecule has 0 amide bonds. The van der Waals surface area contributed by atoms with E-state index in [9.17, 15) is 9.90 Å². The molecule has 0 saturated carbocycles. The molecule has 6 N–H and O–H groups in total. The van der Waals surface area contributed by atoms with E-state index in [2.05, 4.69) is 4.74 Å². The third-order valence-corrected chi connectivity index (χ3v) is 1.99. The van der Waals surface area contributed by atoms with Crippen LogP contribution in [0.4, 0.5) is 0 Å². The molecule has 1 aliphatic rings. The number of aliphatic carboxylic acids is 1. The van der Waals surface area contributed by atoms with Crippen LogP contribution in [0.15, 0.2) is 0 Å². The number of aliphatic hydroxyl groups is 5. The third-order valence-electron chi connectivity index (χ3n) is 1.99. The molecular weight excluding hydrogens is 200 g/mol. The van der Waals surface area contributed by atoms with E-state index in [1.807, 2.05) is 0 Å². The summed E-state index contributed by atoms with van der Waals surface area (Å²) in [7, 11) is 0. The second-order valence-corrected chi connectivity index (χ2v) is 2.94. The van der Waals surface area contributed by atoms with Gasteiger partial charge >= 0.3 is 11.8 Å². The summed E-state index contributed by atoms with van der Waals surface area (Å²) < 4.78 is 4.03. The van der Waals surface area contributed by atoms with Gasteiger partial charge < -0.3 is 30.6 Å². The molecule has 4 atom stereocenters. The molecule has 0 aromatic heterocycles. The van der Waals surface area contributed by atoms with Crippen LogP contribution in [0.5, 0.6) is 0 Å². The van der Waals surface area contributed by atoms with E-state index >= 15 is 0 Å². The largest absolute Gasteiger partial charge is 0.477 e. The van der Waals surface area contributed by atoms with Crippen molar-refractivity contribution < 1.29 is 40.2 Å². The Balaban J connectivity index is 2.77. The molecule has 82 valence electrons. The normalized spacial score (nSPS) is 40.4. The van der Waals surface area contributed by atoms with Crippen molar-refractivity contribution in [3.05, 3.63) is 0 Å². The van der Waals surface area contributed by atoms with Crippen molar-refractivity contribution in [1.29, 1.82) is 0 Å². The van der Waals surface area contributed by atoms with Gasteiger partial charge in [-0.2, -0.15) is 0 Å². The maximum absolute atomic E-state index is 10.3. The number of carbonyl (C=O) groups is 1. The minimum Gasteiger partial charge on any atom is -0.477 e. The second kappa shape index (κ2) is 3.12. The molecule has 1 rings (SSSR count). The van der Waals surface area contributed by atoms with Gasteiger partial charge in [0.05, 0.1) is 6.61 Å². The van der Waals surface area contributed by atoms with Crippen molar-refractivity contribution in [2.45, 2.75) is 23.8 Å². The molecule has 8 nitrogen and oxygen atoms in total. The Morgan fingerprint density at radius 3 is 2.14 bits per heavy atom. The number of rotatable bonds is 4. The van der Waals surface area contributed by atoms with Crippen molar-refractivity contribution in [2.75, 3.05) is 6.61 Å². The van der Waals surface area contributed by atoms with E-state index in [1.165, 1.54) is 0 Å². The fraction of sp³-hybridized carbons (Fsp3) is 0.833. The van der Waals surface area contributed by atoms with Crippen LogP contribution in [0.1, 0.15) is 0 Å². The Morgan fingerprint density at radius 2 is 1.86 bits per heavy atom. The first-order valence-corrected chi connectivity index (χ1v) is 3.65. The van der Waals surface area contributed by atoms with Crippen LogP contribution in [-0.2, 0) is 9.53 Å². The molecule has 8 heteroatoms. The lowest BCUT2D eigenvalue weighted by Gasteiger charge is -2.18. The summed E-state index contributed by atoms with van der Waals surface area (Å²) in [6.45, 7) is -0.914. The zero-order valence-corrected chi connectivity index (χ0v) is 6.86. The van der Waals surface area contributed by atoms with Gasteiger partial charge in [-0.05, 0) is 0 Å². The summed E-state index contributed by atoms with van der Waals surface area (Å²) >= 11 is 0. The van der Waals surface area contributed by atoms with Gasteiger partial charge in [0.2, 0.25) is 0 Å². The van der Waals surface area contributed by atoms with Crippen LogP contribution >= 0.6 is 0 Å². The molecule has 0 spiro atoms. The minimum atomic E-state index is -2.94. The van der Waals surface area contributed by atoms with Crippen LogP contribution in [-0.4, -0.2) is 67.0 Å². The third kappa shape index (κ3) is 1.29. The molecule has 1 heterocycles. The highest BCUT2D eigenvalue weighted by molar-refractivity contribution is 5.80. The summed E-state index contributed by atoms with van der Waals surface area (Å²) in [6, 6.07) is 0. The zero-order valence-electron chi connectivity index (χ0n) is 6.86. The van der Waals surface area contributed by atoms with Gasteiger partial charge in [-0.25, -0.2) is 4.79 Å². The summed E-state index contributed by atoms with van der Waals surface area (Å²) in [5.41, 5.74) is 0. The Kier molecular flexibility index (Phi) is 2.52. The van der Waals surface area contributed by atoms with Crippen molar-refractivity contribution >= 4 is 5.97 Å². The number of carboxylic acids is 1. The van der Waals surface area contributed by atoms with E-state index in [0.29, 0.717) is 0 Å². The highest BCUT2D eigenvalue weighted by Crippen LogP contribution is 2.47. The molecule has 1 fully saturated rings. The lowest BCUT2D eigenvalue weighted by Crippen LogP contribution is -2.48. The maximum atomic E-state index is 10.3. The maximum Gasteiger partial charge on any atom is 0.370 e. The van der Waals surface area contributed by atoms with Crippen LogP contribution < -0.4 is 0 Å². The molecule has 14 heavy (non-hydrogen) atoms. The van der Waals surface area contributed by atoms with Crippen molar-refractivity contribution in [3.63, 3.8) is 0 Å². The van der Waals surface area contributed by atoms with Gasteiger partial charge in [-0.3, -0.25) is 4.74 Å². The van der Waals surface area contributed by atoms with E-state index < -0.39 is 36.4 Å². The van der Waals surface area contributed by atoms with Crippen LogP contribution in [0.3, 0.4) is 0 Å². The first kappa shape index (κ1) is 11.3. The minimum absolute atomic E-state index is 0.914. The average molecular weight is 210 g/mol. The number of hydrogen-bond acceptors (Lipinski definition) is 7. The SMILES string of the molecule is O=C(O)[C@@]1(O)O[C@@]1(O)[C@@H](O)[C@H](O)CO. The average Bonchev–Trinajstić information content (AvgIpc) is 2.70. The molecule has 0 unspecified atom stereocenters. The molecule has 0 aromatic rings. The quantitative estimate of drug-likeness (QED) is 0.258. The van der Waals surface area contributed by atoms with Gasteiger partial charge in [0.25, 0.3) is 5.79 Å². The first-order chi connectivity index (χ1) is 6.29. The number of aliphatic hydroxyl groups excluding tert-OH is 3. The van der Waals surface area contributed by atoms with Gasteiger partial charge in [-0.15, -0.1) is 0 Å². The molecule has 0 bridgehead atoms. The Morgan fingerprint density at radius 1 is 1.36 bits per heavy atom. The van der Waals surface area contributed by atoms with Crippen LogP contribution in [0.25, 0.3) is 0 Å². The van der Waals surface area contributed by atoms with Crippen LogP contribution in [0, 0.1) is 0 Å². The summed E-state index contributed by atoms with van der Waals surface area (Å²) in [5.74, 6) is -7.63. The lowest BCUT2D eigenvalue weighted by molar-refractivity contribution is -0.164. The first-order valence-electron chi connectivity index (χ1n) is 3.65. The second-order valence-electron chi connectivity index (χ2n) is 2.94. The predicted octanol–water partition coefficient (Wildman–Crippen LogP) is -3.81. The Hall–Kier alpha value is -0.770. The highest BCUT2D eigenvalue weighted by Gasteiger charge is 2.80. The lowest BCUT2D eigenvalue weighted by atomic mass is 10.0. The van der Waals surface area contributed by atoms with E-state index in [1.54, 1.807) is 0 Å². The summed E-state index contributed by atoms with van der Waals surface area (Å²) in [5, 5.41) is 53.0. The molecule has 0 radical (unpaired) electrons. The zero-order chi connectivity index (χ0) is 11.1. The van der Waals surface area contributed by atoms with E-state index in [0.717, 1.165) is 0 Å². The number of ether oxygens (including phenoxy) is 1. The van der Waals surface area contributed by atoms with Gasteiger partial charge in [-0.1, -0.05) is 0 Å². The summed E-state index contributed by atoms with van der Waals surface area (Å²) in [6.07, 6.45) is -3.93. The Bertz CT molecular complexity index is 254. The van der Waals surface area contributed by atoms with E-state index in [-0.39, 0.29) is 0 Å². The molecule has 0 aliphatic carbocycles. The highest BCUT2D eigenvalue weighted by atomic mass is 16.9. The van der Waals surface area contributed by atoms with Crippen molar-refractivity contribution in [1.82, 2.24) is 0 Å². The Labute approximate surface area is 77.6 Å². The smallest absolute Gasteiger partial charge is 0.370 e. The van der Waals surface area contributed by atoms with Crippen LogP contribution in [0.2, 0.25) is 0 Å². The van der Waals surface area contributed by atoms with Crippen molar-refractivity contribution in [3.8, 4) is 0 Å². The topological polar surface area (TPSA) is 151 Å². The van der Waals surface area contributed by atoms with E-state index in [4.69, 9.17) is 25.5 Å².